The van der Waals surface area contributed by atoms with Crippen molar-refractivity contribution >= 4 is 46.6 Å². The molecule has 0 saturated carbocycles. The van der Waals surface area contributed by atoms with Crippen molar-refractivity contribution in [2.45, 2.75) is 19.0 Å². The summed E-state index contributed by atoms with van der Waals surface area (Å²) in [7, 11) is 0. The second-order valence-electron chi connectivity index (χ2n) is 7.48. The Labute approximate surface area is 212 Å². The van der Waals surface area contributed by atoms with Gasteiger partial charge in [-0.15, -0.1) is 10.2 Å². The Hall–Kier alpha value is -3.13. The molecule has 1 amide bonds. The Bertz CT molecular complexity index is 1330. The van der Waals surface area contributed by atoms with Gasteiger partial charge in [-0.3, -0.25) is 9.36 Å². The predicted molar refractivity (Wildman–Crippen MR) is 139 cm³/mol. The molecule has 0 fully saturated rings. The van der Waals surface area contributed by atoms with Gasteiger partial charge < -0.3 is 0 Å². The molecule has 0 atom stereocenters. The summed E-state index contributed by atoms with van der Waals surface area (Å²) in [6.45, 7) is 3.82. The molecule has 0 aliphatic heterocycles. The molecular weight excluding hydrogens is 489 g/mol. The molecular formula is C25H21Cl2N5OS. The monoisotopic (exact) mass is 509 g/mol. The number of benzene rings is 3. The van der Waals surface area contributed by atoms with Gasteiger partial charge in [-0.2, -0.15) is 5.10 Å². The number of carbonyl (C=O) groups excluding carboxylic acids is 1. The fraction of sp³-hybridized carbons (Fsp3) is 0.120. The third-order valence-corrected chi connectivity index (χ3v) is 6.48. The summed E-state index contributed by atoms with van der Waals surface area (Å²) in [6, 6.07) is 22.8. The number of aryl methyl sites for hydroxylation is 1. The van der Waals surface area contributed by atoms with Crippen molar-refractivity contribution in [3.8, 4) is 17.1 Å². The lowest BCUT2D eigenvalue weighted by atomic mass is 10.1. The summed E-state index contributed by atoms with van der Waals surface area (Å²) in [5.74, 6) is 0.517. The molecule has 4 rings (SSSR count). The number of aromatic nitrogens is 3. The van der Waals surface area contributed by atoms with Crippen LogP contribution in [0.5, 0.6) is 0 Å². The lowest BCUT2D eigenvalue weighted by Gasteiger charge is -2.11. The molecule has 0 unspecified atom stereocenters. The van der Waals surface area contributed by atoms with Crippen LogP contribution in [0.4, 0.5) is 0 Å². The zero-order valence-corrected chi connectivity index (χ0v) is 20.8. The standard InChI is InChI=1S/C25H21Cl2N5OS/c1-16-7-13-20(14-8-16)32-24(18-9-11-19(26)12-10-18)30-31-25(32)34-15-23(33)29-28-17(2)21-5-3-4-6-22(21)27/h3-14H,15H2,1-2H3,(H,29,33)/b28-17+. The Morgan fingerprint density at radius 3 is 2.41 bits per heavy atom. The van der Waals surface area contributed by atoms with Crippen molar-refractivity contribution in [3.05, 3.63) is 94.0 Å². The minimum absolute atomic E-state index is 0.115. The molecule has 1 aromatic heterocycles. The van der Waals surface area contributed by atoms with Crippen LogP contribution in [0.2, 0.25) is 10.0 Å². The summed E-state index contributed by atoms with van der Waals surface area (Å²) in [6.07, 6.45) is 0. The molecule has 1 heterocycles. The van der Waals surface area contributed by atoms with E-state index in [0.29, 0.717) is 26.7 Å². The van der Waals surface area contributed by atoms with Gasteiger partial charge in [0.2, 0.25) is 0 Å². The van der Waals surface area contributed by atoms with Crippen molar-refractivity contribution in [2.75, 3.05) is 5.75 Å². The molecule has 9 heteroatoms. The highest BCUT2D eigenvalue weighted by molar-refractivity contribution is 7.99. The third-order valence-electron chi connectivity index (χ3n) is 4.97. The van der Waals surface area contributed by atoms with Gasteiger partial charge >= 0.3 is 0 Å². The number of nitrogens with one attached hydrogen (secondary N) is 1. The van der Waals surface area contributed by atoms with E-state index in [1.54, 1.807) is 13.0 Å². The number of amides is 1. The molecule has 0 bridgehead atoms. The summed E-state index contributed by atoms with van der Waals surface area (Å²) < 4.78 is 1.93. The number of halogens is 2. The number of carbonyl (C=O) groups is 1. The second kappa shape index (κ2) is 10.9. The van der Waals surface area contributed by atoms with Gasteiger partial charge in [-0.25, -0.2) is 5.43 Å². The van der Waals surface area contributed by atoms with Crippen LogP contribution >= 0.6 is 35.0 Å². The van der Waals surface area contributed by atoms with E-state index in [2.05, 4.69) is 20.7 Å². The van der Waals surface area contributed by atoms with Gasteiger partial charge in [0.05, 0.1) is 11.5 Å². The number of rotatable bonds is 7. The molecule has 0 saturated heterocycles. The highest BCUT2D eigenvalue weighted by Crippen LogP contribution is 2.29. The smallest absolute Gasteiger partial charge is 0.250 e. The van der Waals surface area contributed by atoms with Crippen LogP contribution in [0.15, 0.2) is 83.1 Å². The fourth-order valence-electron chi connectivity index (χ4n) is 3.20. The number of hydrogen-bond acceptors (Lipinski definition) is 5. The topological polar surface area (TPSA) is 72.2 Å². The van der Waals surface area contributed by atoms with E-state index in [1.165, 1.54) is 11.8 Å². The Kier molecular flexibility index (Phi) is 7.67. The first-order valence-corrected chi connectivity index (χ1v) is 12.2. The SMILES string of the molecule is C/C(=N\NC(=O)CSc1nnc(-c2ccc(Cl)cc2)n1-c1ccc(C)cc1)c1ccccc1Cl. The lowest BCUT2D eigenvalue weighted by molar-refractivity contribution is -0.118. The molecule has 0 aliphatic carbocycles. The van der Waals surface area contributed by atoms with Gasteiger partial charge in [-0.1, -0.05) is 70.9 Å². The first-order valence-electron chi connectivity index (χ1n) is 10.4. The normalized spacial score (nSPS) is 11.5. The van der Waals surface area contributed by atoms with Crippen LogP contribution in [0, 0.1) is 6.92 Å². The quantitative estimate of drug-likeness (QED) is 0.183. The summed E-state index contributed by atoms with van der Waals surface area (Å²) in [5.41, 5.74) is 6.89. The van der Waals surface area contributed by atoms with Gasteiger partial charge in [-0.05, 0) is 56.3 Å². The molecule has 4 aromatic rings. The Balaban J connectivity index is 1.54. The van der Waals surface area contributed by atoms with E-state index < -0.39 is 0 Å². The van der Waals surface area contributed by atoms with Gasteiger partial charge in [0.25, 0.3) is 5.91 Å². The molecule has 34 heavy (non-hydrogen) atoms. The molecule has 0 aliphatic rings. The van der Waals surface area contributed by atoms with Gasteiger partial charge in [0.1, 0.15) is 0 Å². The van der Waals surface area contributed by atoms with E-state index in [1.807, 2.05) is 78.2 Å². The van der Waals surface area contributed by atoms with Crippen LogP contribution < -0.4 is 5.43 Å². The van der Waals surface area contributed by atoms with E-state index in [9.17, 15) is 4.79 Å². The first-order chi connectivity index (χ1) is 16.4. The highest BCUT2D eigenvalue weighted by Gasteiger charge is 2.17. The average Bonchev–Trinajstić information content (AvgIpc) is 3.26. The second-order valence-corrected chi connectivity index (χ2v) is 9.27. The van der Waals surface area contributed by atoms with Crippen LogP contribution in [-0.2, 0) is 4.79 Å². The van der Waals surface area contributed by atoms with Crippen molar-refractivity contribution in [2.24, 2.45) is 5.10 Å². The molecule has 6 nitrogen and oxygen atoms in total. The van der Waals surface area contributed by atoms with E-state index in [4.69, 9.17) is 23.2 Å². The maximum Gasteiger partial charge on any atom is 0.250 e. The zero-order chi connectivity index (χ0) is 24.1. The van der Waals surface area contributed by atoms with Gasteiger partial charge in [0, 0.05) is 26.9 Å². The van der Waals surface area contributed by atoms with Crippen LogP contribution in [0.25, 0.3) is 17.1 Å². The molecule has 3 aromatic carbocycles. The minimum atomic E-state index is -0.261. The summed E-state index contributed by atoms with van der Waals surface area (Å²) >= 11 is 13.5. The number of nitrogens with zero attached hydrogens (tertiary/aromatic N) is 4. The van der Waals surface area contributed by atoms with Crippen LogP contribution in [0.1, 0.15) is 18.1 Å². The summed E-state index contributed by atoms with van der Waals surface area (Å²) in [4.78, 5) is 12.5. The van der Waals surface area contributed by atoms with Crippen molar-refractivity contribution in [3.63, 3.8) is 0 Å². The van der Waals surface area contributed by atoms with Crippen LogP contribution in [0.3, 0.4) is 0 Å². The molecule has 1 N–H and O–H groups in total. The fourth-order valence-corrected chi connectivity index (χ4v) is 4.34. The zero-order valence-electron chi connectivity index (χ0n) is 18.5. The van der Waals surface area contributed by atoms with Crippen molar-refractivity contribution < 1.29 is 4.79 Å². The third kappa shape index (κ3) is 5.67. The highest BCUT2D eigenvalue weighted by atomic mass is 35.5. The number of hydrazone groups is 1. The minimum Gasteiger partial charge on any atom is -0.272 e. The largest absolute Gasteiger partial charge is 0.272 e. The van der Waals surface area contributed by atoms with E-state index >= 15 is 0 Å². The Morgan fingerprint density at radius 1 is 1.00 bits per heavy atom. The molecule has 172 valence electrons. The van der Waals surface area contributed by atoms with Crippen LogP contribution in [-0.4, -0.2) is 32.1 Å². The maximum absolute atomic E-state index is 12.5. The predicted octanol–water partition coefficient (Wildman–Crippen LogP) is 6.18. The Morgan fingerprint density at radius 2 is 1.71 bits per heavy atom. The molecule has 0 radical (unpaired) electrons. The number of hydrogen-bond donors (Lipinski definition) is 1. The maximum atomic E-state index is 12.5. The molecule has 0 spiro atoms. The lowest BCUT2D eigenvalue weighted by Crippen LogP contribution is -2.21. The first kappa shape index (κ1) is 24.0. The van der Waals surface area contributed by atoms with E-state index in [0.717, 1.165) is 22.4 Å². The van der Waals surface area contributed by atoms with Crippen molar-refractivity contribution in [1.29, 1.82) is 0 Å². The number of thioether (sulfide) groups is 1. The van der Waals surface area contributed by atoms with Crippen molar-refractivity contribution in [1.82, 2.24) is 20.2 Å². The average molecular weight is 510 g/mol. The van der Waals surface area contributed by atoms with Gasteiger partial charge in [0.15, 0.2) is 11.0 Å². The summed E-state index contributed by atoms with van der Waals surface area (Å²) in [5, 5.41) is 14.7. The van der Waals surface area contributed by atoms with E-state index in [-0.39, 0.29) is 11.7 Å².